The van der Waals surface area contributed by atoms with Crippen molar-refractivity contribution in [3.8, 4) is 0 Å². The molecule has 0 atom stereocenters. The Kier molecular flexibility index (Phi) is 2.27. The van der Waals surface area contributed by atoms with Gasteiger partial charge in [-0.05, 0) is 28.4 Å². The van der Waals surface area contributed by atoms with Crippen LogP contribution in [-0.4, -0.2) is 22.8 Å². The van der Waals surface area contributed by atoms with E-state index in [1.807, 2.05) is 6.92 Å². The van der Waals surface area contributed by atoms with Crippen molar-refractivity contribution in [3.05, 3.63) is 26.4 Å². The van der Waals surface area contributed by atoms with E-state index in [4.69, 9.17) is 11.6 Å². The van der Waals surface area contributed by atoms with Crippen molar-refractivity contribution >= 4 is 33.4 Å². The van der Waals surface area contributed by atoms with Gasteiger partial charge >= 0.3 is 0 Å². The summed E-state index contributed by atoms with van der Waals surface area (Å²) < 4.78 is 0.710. The van der Waals surface area contributed by atoms with Gasteiger partial charge in [0.25, 0.3) is 5.91 Å². The number of carbonyl (C=O) groups is 1. The third kappa shape index (κ3) is 1.25. The summed E-state index contributed by atoms with van der Waals surface area (Å²) >= 11 is 9.22. The third-order valence-corrected chi connectivity index (χ3v) is 3.83. The van der Waals surface area contributed by atoms with E-state index in [-0.39, 0.29) is 5.91 Å². The van der Waals surface area contributed by atoms with Crippen LogP contribution in [0.3, 0.4) is 0 Å². The average Bonchev–Trinajstić information content (AvgIpc) is 2.39. The second-order valence-corrected chi connectivity index (χ2v) is 4.48. The maximum atomic E-state index is 11.7. The first-order chi connectivity index (χ1) is 6.52. The molecule has 2 rings (SSSR count). The molecule has 14 heavy (non-hydrogen) atoms. The molecule has 0 aliphatic carbocycles. The topological polar surface area (TPSA) is 33.2 Å². The Bertz CT molecular complexity index is 433. The molecular formula is C9H8BrClN2O. The first-order valence-corrected chi connectivity index (χ1v) is 5.29. The molecule has 0 spiro atoms. The van der Waals surface area contributed by atoms with Crippen molar-refractivity contribution in [1.29, 1.82) is 0 Å². The molecule has 1 aromatic heterocycles. The number of halogens is 2. The van der Waals surface area contributed by atoms with Crippen LogP contribution in [0.25, 0.3) is 0 Å². The van der Waals surface area contributed by atoms with Crippen molar-refractivity contribution in [2.75, 3.05) is 7.05 Å². The normalized spacial score (nSPS) is 14.9. The lowest BCUT2D eigenvalue weighted by Gasteiger charge is -2.06. The summed E-state index contributed by atoms with van der Waals surface area (Å²) in [4.78, 5) is 17.5. The molecule has 1 aromatic rings. The molecule has 0 saturated heterocycles. The molecule has 0 bridgehead atoms. The van der Waals surface area contributed by atoms with Crippen molar-refractivity contribution in [3.63, 3.8) is 0 Å². The molecular weight excluding hydrogens is 267 g/mol. The van der Waals surface area contributed by atoms with Gasteiger partial charge in [0, 0.05) is 7.05 Å². The van der Waals surface area contributed by atoms with Gasteiger partial charge in [0.2, 0.25) is 0 Å². The largest absolute Gasteiger partial charge is 0.336 e. The van der Waals surface area contributed by atoms with Crippen LogP contribution in [0, 0.1) is 6.92 Å². The highest BCUT2D eigenvalue weighted by atomic mass is 79.9. The highest BCUT2D eigenvalue weighted by Gasteiger charge is 2.29. The summed E-state index contributed by atoms with van der Waals surface area (Å²) in [6.45, 7) is 2.41. The van der Waals surface area contributed by atoms with Crippen molar-refractivity contribution in [2.45, 2.75) is 13.5 Å². The molecule has 1 aliphatic rings. The zero-order chi connectivity index (χ0) is 10.5. The monoisotopic (exact) mass is 274 g/mol. The van der Waals surface area contributed by atoms with E-state index in [1.165, 1.54) is 0 Å². The Morgan fingerprint density at radius 3 is 2.86 bits per heavy atom. The zero-order valence-corrected chi connectivity index (χ0v) is 10.1. The van der Waals surface area contributed by atoms with Crippen LogP contribution in [0.5, 0.6) is 0 Å². The Morgan fingerprint density at radius 1 is 1.57 bits per heavy atom. The summed E-state index contributed by atoms with van der Waals surface area (Å²) in [5.74, 6) is 0.0161. The predicted molar refractivity (Wildman–Crippen MR) is 57.5 cm³/mol. The SMILES string of the molecule is Cc1c(Br)c(Cl)nc2c1C(=O)N(C)C2. The second kappa shape index (κ2) is 3.21. The van der Waals surface area contributed by atoms with Gasteiger partial charge < -0.3 is 4.90 Å². The van der Waals surface area contributed by atoms with E-state index in [9.17, 15) is 4.79 Å². The van der Waals surface area contributed by atoms with Crippen LogP contribution in [0.2, 0.25) is 5.15 Å². The molecule has 1 aliphatic heterocycles. The summed E-state index contributed by atoms with van der Waals surface area (Å²) in [5.41, 5.74) is 2.32. The Morgan fingerprint density at radius 2 is 2.21 bits per heavy atom. The minimum atomic E-state index is 0.0161. The third-order valence-electron chi connectivity index (χ3n) is 2.35. The van der Waals surface area contributed by atoms with Crippen molar-refractivity contribution in [1.82, 2.24) is 9.88 Å². The molecule has 0 unspecified atom stereocenters. The highest BCUT2D eigenvalue weighted by Crippen LogP contribution is 2.32. The lowest BCUT2D eigenvalue weighted by Crippen LogP contribution is -2.18. The summed E-state index contributed by atoms with van der Waals surface area (Å²) in [6.07, 6.45) is 0. The molecule has 0 fully saturated rings. The van der Waals surface area contributed by atoms with Crippen LogP contribution in [0.15, 0.2) is 4.47 Å². The van der Waals surface area contributed by atoms with E-state index in [0.29, 0.717) is 21.7 Å². The summed E-state index contributed by atoms with van der Waals surface area (Å²) in [5, 5.41) is 0.421. The first-order valence-electron chi connectivity index (χ1n) is 4.12. The lowest BCUT2D eigenvalue weighted by atomic mass is 10.1. The fraction of sp³-hybridized carbons (Fsp3) is 0.333. The highest BCUT2D eigenvalue weighted by molar-refractivity contribution is 9.10. The second-order valence-electron chi connectivity index (χ2n) is 3.32. The number of fused-ring (bicyclic) bond motifs is 1. The number of pyridine rings is 1. The van der Waals surface area contributed by atoms with Gasteiger partial charge in [0.05, 0.1) is 22.3 Å². The number of aromatic nitrogens is 1. The van der Waals surface area contributed by atoms with Crippen LogP contribution < -0.4 is 0 Å². The molecule has 0 aromatic carbocycles. The average molecular weight is 276 g/mol. The number of nitrogens with zero attached hydrogens (tertiary/aromatic N) is 2. The minimum Gasteiger partial charge on any atom is -0.336 e. The van der Waals surface area contributed by atoms with Crippen LogP contribution in [-0.2, 0) is 6.54 Å². The van der Waals surface area contributed by atoms with Crippen molar-refractivity contribution < 1.29 is 4.79 Å². The Labute approximate surface area is 95.2 Å². The molecule has 0 radical (unpaired) electrons. The molecule has 5 heteroatoms. The summed E-state index contributed by atoms with van der Waals surface area (Å²) in [7, 11) is 1.76. The van der Waals surface area contributed by atoms with Gasteiger partial charge in [-0.2, -0.15) is 0 Å². The number of hydrogen-bond donors (Lipinski definition) is 0. The van der Waals surface area contributed by atoms with Crippen molar-refractivity contribution in [2.24, 2.45) is 0 Å². The van der Waals surface area contributed by atoms with E-state index >= 15 is 0 Å². The maximum absolute atomic E-state index is 11.7. The Balaban J connectivity index is 2.71. The molecule has 1 amide bonds. The predicted octanol–water partition coefficient (Wildman–Crippen LogP) is 2.39. The number of rotatable bonds is 0. The molecule has 2 heterocycles. The number of hydrogen-bond acceptors (Lipinski definition) is 2. The van der Waals surface area contributed by atoms with Gasteiger partial charge in [0.15, 0.2) is 0 Å². The standard InChI is InChI=1S/C9H8BrClN2O/c1-4-6-5(3-13(2)9(6)14)12-8(11)7(4)10/h3H2,1-2H3. The smallest absolute Gasteiger partial charge is 0.256 e. The Hall–Kier alpha value is -0.610. The lowest BCUT2D eigenvalue weighted by molar-refractivity contribution is 0.0815. The minimum absolute atomic E-state index is 0.0161. The van der Waals surface area contributed by atoms with E-state index in [0.717, 1.165) is 11.3 Å². The number of amides is 1. The fourth-order valence-corrected chi connectivity index (χ4v) is 2.12. The molecule has 3 nitrogen and oxygen atoms in total. The summed E-state index contributed by atoms with van der Waals surface area (Å²) in [6, 6.07) is 0. The quantitative estimate of drug-likeness (QED) is 0.681. The van der Waals surface area contributed by atoms with Gasteiger partial charge in [-0.15, -0.1) is 0 Å². The van der Waals surface area contributed by atoms with Gasteiger partial charge in [-0.3, -0.25) is 4.79 Å². The molecule has 0 saturated carbocycles. The van der Waals surface area contributed by atoms with Gasteiger partial charge in [-0.25, -0.2) is 4.98 Å². The maximum Gasteiger partial charge on any atom is 0.256 e. The van der Waals surface area contributed by atoms with E-state index < -0.39 is 0 Å². The number of carbonyl (C=O) groups excluding carboxylic acids is 1. The van der Waals surface area contributed by atoms with E-state index in [2.05, 4.69) is 20.9 Å². The van der Waals surface area contributed by atoms with Crippen LogP contribution in [0.4, 0.5) is 0 Å². The van der Waals surface area contributed by atoms with Crippen LogP contribution in [0.1, 0.15) is 21.6 Å². The fourth-order valence-electron chi connectivity index (χ4n) is 1.59. The van der Waals surface area contributed by atoms with E-state index in [1.54, 1.807) is 11.9 Å². The zero-order valence-electron chi connectivity index (χ0n) is 7.77. The molecule has 74 valence electrons. The van der Waals surface area contributed by atoms with Gasteiger partial charge in [0.1, 0.15) is 5.15 Å². The molecule has 0 N–H and O–H groups in total. The van der Waals surface area contributed by atoms with Gasteiger partial charge in [-0.1, -0.05) is 11.6 Å². The van der Waals surface area contributed by atoms with Crippen LogP contribution >= 0.6 is 27.5 Å². The first kappa shape index (κ1) is 9.93.